The van der Waals surface area contributed by atoms with Crippen molar-refractivity contribution in [1.29, 1.82) is 0 Å². The van der Waals surface area contributed by atoms with Gasteiger partial charge in [-0.05, 0) is 42.7 Å². The van der Waals surface area contributed by atoms with E-state index in [2.05, 4.69) is 9.88 Å². The summed E-state index contributed by atoms with van der Waals surface area (Å²) in [5.41, 5.74) is 0.418. The number of aromatic nitrogens is 1. The molecule has 1 aromatic heterocycles. The van der Waals surface area contributed by atoms with Crippen molar-refractivity contribution in [3.63, 3.8) is 0 Å². The number of halogens is 1. The Hall–Kier alpha value is -2.69. The number of imide groups is 1. The predicted molar refractivity (Wildman–Crippen MR) is 122 cm³/mol. The lowest BCUT2D eigenvalue weighted by molar-refractivity contribution is 0.0639. The van der Waals surface area contributed by atoms with Gasteiger partial charge in [-0.15, -0.1) is 0 Å². The van der Waals surface area contributed by atoms with Gasteiger partial charge in [-0.25, -0.2) is 12.8 Å². The summed E-state index contributed by atoms with van der Waals surface area (Å²) in [5.74, 6) is -1.82. The van der Waals surface area contributed by atoms with Crippen molar-refractivity contribution in [1.82, 2.24) is 19.1 Å². The molecule has 10 heteroatoms. The van der Waals surface area contributed by atoms with Crippen LogP contribution in [0.1, 0.15) is 58.5 Å². The Labute approximate surface area is 198 Å². The van der Waals surface area contributed by atoms with Crippen molar-refractivity contribution in [2.75, 3.05) is 26.2 Å². The average molecular weight is 487 g/mol. The molecule has 180 valence electrons. The molecule has 34 heavy (non-hydrogen) atoms. The number of pyridine rings is 1. The van der Waals surface area contributed by atoms with Crippen LogP contribution in [0, 0.1) is 5.82 Å². The summed E-state index contributed by atoms with van der Waals surface area (Å²) in [6.45, 7) is 1.65. The smallest absolute Gasteiger partial charge is 0.280 e. The molecule has 0 radical (unpaired) electrons. The number of nitrogens with zero attached hydrogens (tertiary/aromatic N) is 4. The molecule has 1 aromatic carbocycles. The van der Waals surface area contributed by atoms with Gasteiger partial charge in [0.25, 0.3) is 11.8 Å². The van der Waals surface area contributed by atoms with E-state index in [1.54, 1.807) is 6.07 Å². The van der Waals surface area contributed by atoms with E-state index in [0.29, 0.717) is 32.2 Å². The van der Waals surface area contributed by atoms with E-state index in [1.807, 2.05) is 0 Å². The second kappa shape index (κ2) is 9.16. The van der Waals surface area contributed by atoms with E-state index in [9.17, 15) is 22.4 Å². The molecule has 1 aliphatic carbocycles. The normalized spacial score (nSPS) is 20.7. The van der Waals surface area contributed by atoms with Gasteiger partial charge in [-0.2, -0.15) is 4.31 Å². The van der Waals surface area contributed by atoms with Gasteiger partial charge in [-0.1, -0.05) is 25.3 Å². The highest BCUT2D eigenvalue weighted by Crippen LogP contribution is 2.29. The molecule has 3 heterocycles. The highest BCUT2D eigenvalue weighted by molar-refractivity contribution is 7.89. The number of fused-ring (bicyclic) bond motifs is 1. The van der Waals surface area contributed by atoms with Crippen LogP contribution in [0.5, 0.6) is 0 Å². The van der Waals surface area contributed by atoms with E-state index >= 15 is 0 Å². The van der Waals surface area contributed by atoms with Gasteiger partial charge in [0.2, 0.25) is 10.0 Å². The fourth-order valence-corrected chi connectivity index (χ4v) is 6.87. The Bertz CT molecular complexity index is 1190. The molecule has 2 fully saturated rings. The highest BCUT2D eigenvalue weighted by atomic mass is 32.2. The minimum Gasteiger partial charge on any atom is -0.298 e. The highest BCUT2D eigenvalue weighted by Gasteiger charge is 2.38. The number of amides is 2. The van der Waals surface area contributed by atoms with Crippen molar-refractivity contribution < 1.29 is 22.4 Å². The molecule has 5 rings (SSSR count). The molecule has 0 spiro atoms. The lowest BCUT2D eigenvalue weighted by atomic mass is 9.94. The molecule has 2 aromatic rings. The van der Waals surface area contributed by atoms with E-state index in [-0.39, 0.29) is 28.3 Å². The zero-order chi connectivity index (χ0) is 23.9. The Kier molecular flexibility index (Phi) is 6.22. The lowest BCUT2D eigenvalue weighted by Crippen LogP contribution is -2.52. The maximum Gasteiger partial charge on any atom is 0.280 e. The maximum absolute atomic E-state index is 14.2. The number of hydrogen-bond donors (Lipinski definition) is 0. The van der Waals surface area contributed by atoms with Gasteiger partial charge in [0.05, 0.1) is 17.0 Å². The number of carbonyl (C=O) groups is 2. The third-order valence-corrected chi connectivity index (χ3v) is 9.05. The first-order chi connectivity index (χ1) is 16.4. The summed E-state index contributed by atoms with van der Waals surface area (Å²) in [6, 6.07) is 7.04. The first kappa shape index (κ1) is 23.1. The minimum atomic E-state index is -4.01. The number of benzene rings is 1. The largest absolute Gasteiger partial charge is 0.298 e. The number of sulfonamides is 1. The topological polar surface area (TPSA) is 90.9 Å². The zero-order valence-corrected chi connectivity index (χ0v) is 19.6. The minimum absolute atomic E-state index is 0.0397. The van der Waals surface area contributed by atoms with Gasteiger partial charge < -0.3 is 0 Å². The van der Waals surface area contributed by atoms with Crippen molar-refractivity contribution in [2.45, 2.75) is 49.6 Å². The van der Waals surface area contributed by atoms with Crippen molar-refractivity contribution in [2.24, 2.45) is 0 Å². The summed E-state index contributed by atoms with van der Waals surface area (Å²) in [6.07, 6.45) is 7.41. The lowest BCUT2D eigenvalue weighted by Gasteiger charge is -2.40. The predicted octanol–water partition coefficient (Wildman–Crippen LogP) is 2.66. The van der Waals surface area contributed by atoms with Crippen LogP contribution in [0.4, 0.5) is 4.39 Å². The molecule has 1 saturated heterocycles. The quantitative estimate of drug-likeness (QED) is 0.604. The van der Waals surface area contributed by atoms with Crippen LogP contribution < -0.4 is 0 Å². The molecule has 0 N–H and O–H groups in total. The maximum atomic E-state index is 14.2. The molecule has 0 bridgehead atoms. The van der Waals surface area contributed by atoms with Gasteiger partial charge >= 0.3 is 0 Å². The third kappa shape index (κ3) is 4.14. The van der Waals surface area contributed by atoms with Crippen molar-refractivity contribution >= 4 is 21.8 Å². The van der Waals surface area contributed by atoms with Crippen LogP contribution in [0.2, 0.25) is 0 Å². The first-order valence-electron chi connectivity index (χ1n) is 11.7. The summed E-state index contributed by atoms with van der Waals surface area (Å²) in [7, 11) is -4.01. The standard InChI is InChI=1S/C24H27FN4O4S/c25-18-9-8-17(16-29-23(30)20-7-4-10-26-22(20)24(29)31)21(15-18)34(32,33)28-13-11-27(12-14-28)19-5-2-1-3-6-19/h4,7-10,15,19H,1-3,5-6,11-14,16H2. The fourth-order valence-electron chi connectivity index (χ4n) is 5.22. The Morgan fingerprint density at radius 3 is 2.41 bits per heavy atom. The zero-order valence-electron chi connectivity index (χ0n) is 18.8. The Morgan fingerprint density at radius 2 is 1.71 bits per heavy atom. The van der Waals surface area contributed by atoms with Gasteiger partial charge in [0, 0.05) is 38.4 Å². The van der Waals surface area contributed by atoms with Crippen LogP contribution in [-0.2, 0) is 16.6 Å². The fraction of sp³-hybridized carbons (Fsp3) is 0.458. The van der Waals surface area contributed by atoms with E-state index in [0.717, 1.165) is 29.9 Å². The van der Waals surface area contributed by atoms with Crippen LogP contribution >= 0.6 is 0 Å². The number of piperazine rings is 1. The molecule has 0 unspecified atom stereocenters. The van der Waals surface area contributed by atoms with Crippen LogP contribution in [0.25, 0.3) is 0 Å². The van der Waals surface area contributed by atoms with E-state index in [4.69, 9.17) is 0 Å². The summed E-state index contributed by atoms with van der Waals surface area (Å²) in [5, 5.41) is 0. The van der Waals surface area contributed by atoms with Crippen LogP contribution in [0.3, 0.4) is 0 Å². The third-order valence-electron chi connectivity index (χ3n) is 7.07. The number of rotatable bonds is 5. The second-order valence-electron chi connectivity index (χ2n) is 9.08. The Balaban J connectivity index is 1.37. The molecule has 1 saturated carbocycles. The van der Waals surface area contributed by atoms with Crippen molar-refractivity contribution in [3.8, 4) is 0 Å². The summed E-state index contributed by atoms with van der Waals surface area (Å²) >= 11 is 0. The molecular formula is C24H27FN4O4S. The van der Waals surface area contributed by atoms with Gasteiger partial charge in [0.15, 0.2) is 0 Å². The van der Waals surface area contributed by atoms with Crippen LogP contribution in [-0.4, -0.2) is 71.5 Å². The molecule has 3 aliphatic rings. The monoisotopic (exact) mass is 486 g/mol. The molecule has 0 atom stereocenters. The molecule has 2 amide bonds. The molecule has 8 nitrogen and oxygen atoms in total. The number of carbonyl (C=O) groups excluding carboxylic acids is 2. The first-order valence-corrected chi connectivity index (χ1v) is 13.1. The average Bonchev–Trinajstić information content (AvgIpc) is 3.10. The molecular weight excluding hydrogens is 459 g/mol. The summed E-state index contributed by atoms with van der Waals surface area (Å²) < 4.78 is 42.6. The Morgan fingerprint density at radius 1 is 0.971 bits per heavy atom. The molecule has 2 aliphatic heterocycles. The van der Waals surface area contributed by atoms with Crippen LogP contribution in [0.15, 0.2) is 41.4 Å². The van der Waals surface area contributed by atoms with Gasteiger partial charge in [0.1, 0.15) is 11.5 Å². The number of hydrogen-bond acceptors (Lipinski definition) is 6. The van der Waals surface area contributed by atoms with E-state index in [1.165, 1.54) is 41.9 Å². The second-order valence-corrected chi connectivity index (χ2v) is 11.0. The van der Waals surface area contributed by atoms with Gasteiger partial charge in [-0.3, -0.25) is 24.4 Å². The SMILES string of the molecule is O=C1c2cccnc2C(=O)N1Cc1ccc(F)cc1S(=O)(=O)N1CCN(C2CCCCC2)CC1. The summed E-state index contributed by atoms with van der Waals surface area (Å²) in [4.78, 5) is 32.6. The van der Waals surface area contributed by atoms with Crippen molar-refractivity contribution in [3.05, 3.63) is 59.2 Å². The van der Waals surface area contributed by atoms with E-state index < -0.39 is 27.7 Å².